The van der Waals surface area contributed by atoms with Crippen LogP contribution in [0.25, 0.3) is 10.6 Å². The highest BCUT2D eigenvalue weighted by atomic mass is 32.1. The number of β-amino-alcohol motifs (C(OH)–C–C–N with tert-alkyl or cyclic N) is 1. The molecule has 152 valence electrons. The second kappa shape index (κ2) is 8.90. The van der Waals surface area contributed by atoms with Crippen molar-refractivity contribution in [3.8, 4) is 10.6 Å². The number of aliphatic hydroxyl groups excluding tert-OH is 1. The summed E-state index contributed by atoms with van der Waals surface area (Å²) in [6.45, 7) is 6.44. The van der Waals surface area contributed by atoms with Crippen LogP contribution in [0.1, 0.15) is 4.88 Å². The van der Waals surface area contributed by atoms with Gasteiger partial charge >= 0.3 is 0 Å². The SMILES string of the molecule is Cc1ccc(-c2ccc(=O)n(CC(O)CN3CCN(c4ccccc4)CC3)n2)s1. The smallest absolute Gasteiger partial charge is 0.266 e. The van der Waals surface area contributed by atoms with Crippen LogP contribution in [0, 0.1) is 6.92 Å². The molecule has 4 rings (SSSR count). The number of nitrogens with zero attached hydrogens (tertiary/aromatic N) is 4. The minimum atomic E-state index is -0.635. The van der Waals surface area contributed by atoms with Gasteiger partial charge in [0, 0.05) is 49.4 Å². The van der Waals surface area contributed by atoms with Gasteiger partial charge in [-0.2, -0.15) is 5.10 Å². The summed E-state index contributed by atoms with van der Waals surface area (Å²) in [5, 5.41) is 15.0. The van der Waals surface area contributed by atoms with E-state index in [4.69, 9.17) is 0 Å². The van der Waals surface area contributed by atoms with Crippen LogP contribution in [-0.2, 0) is 6.54 Å². The number of aryl methyl sites for hydroxylation is 1. The molecule has 0 spiro atoms. The number of rotatable bonds is 6. The normalized spacial score (nSPS) is 16.1. The van der Waals surface area contributed by atoms with E-state index in [0.717, 1.165) is 36.8 Å². The van der Waals surface area contributed by atoms with E-state index in [0.29, 0.717) is 6.54 Å². The van der Waals surface area contributed by atoms with Crippen molar-refractivity contribution in [2.45, 2.75) is 19.6 Å². The van der Waals surface area contributed by atoms with Crippen molar-refractivity contribution in [3.05, 3.63) is 69.8 Å². The number of hydrogen-bond donors (Lipinski definition) is 1. The molecule has 3 aromatic rings. The number of benzene rings is 1. The van der Waals surface area contributed by atoms with E-state index >= 15 is 0 Å². The van der Waals surface area contributed by atoms with Gasteiger partial charge in [0.05, 0.1) is 17.5 Å². The van der Waals surface area contributed by atoms with Crippen LogP contribution >= 0.6 is 11.3 Å². The predicted molar refractivity (Wildman–Crippen MR) is 118 cm³/mol. The molecule has 0 radical (unpaired) electrons. The van der Waals surface area contributed by atoms with Gasteiger partial charge in [0.25, 0.3) is 5.56 Å². The maximum atomic E-state index is 12.2. The van der Waals surface area contributed by atoms with Gasteiger partial charge in [0.1, 0.15) is 5.69 Å². The lowest BCUT2D eigenvalue weighted by Gasteiger charge is -2.36. The third-order valence-electron chi connectivity index (χ3n) is 5.21. The van der Waals surface area contributed by atoms with E-state index in [1.165, 1.54) is 21.3 Å². The Hall–Kier alpha value is -2.48. The standard InChI is InChI=1S/C22H26N4O2S/c1-17-7-9-21(29-17)20-8-10-22(28)26(23-20)16-19(27)15-24-11-13-25(14-12-24)18-5-3-2-4-6-18/h2-10,19,27H,11-16H2,1H3. The van der Waals surface area contributed by atoms with Crippen LogP contribution in [0.4, 0.5) is 5.69 Å². The van der Waals surface area contributed by atoms with Crippen molar-refractivity contribution in [2.24, 2.45) is 0 Å². The van der Waals surface area contributed by atoms with Crippen molar-refractivity contribution in [1.82, 2.24) is 14.7 Å². The number of aromatic nitrogens is 2. The van der Waals surface area contributed by atoms with Crippen LogP contribution < -0.4 is 10.5 Å². The van der Waals surface area contributed by atoms with Crippen molar-refractivity contribution >= 4 is 17.0 Å². The van der Waals surface area contributed by atoms with E-state index in [2.05, 4.69) is 39.2 Å². The van der Waals surface area contributed by atoms with Gasteiger partial charge in [-0.05, 0) is 37.3 Å². The van der Waals surface area contributed by atoms with E-state index in [1.54, 1.807) is 17.4 Å². The summed E-state index contributed by atoms with van der Waals surface area (Å²) >= 11 is 1.65. The first-order valence-corrected chi connectivity index (χ1v) is 10.8. The Bertz CT molecular complexity index is 993. The summed E-state index contributed by atoms with van der Waals surface area (Å²) in [6, 6.07) is 17.7. The second-order valence-corrected chi connectivity index (χ2v) is 8.71. The van der Waals surface area contributed by atoms with Crippen LogP contribution in [0.15, 0.2) is 59.4 Å². The highest BCUT2D eigenvalue weighted by molar-refractivity contribution is 7.15. The maximum Gasteiger partial charge on any atom is 0.266 e. The Balaban J connectivity index is 1.34. The first kappa shape index (κ1) is 19.8. The Labute approximate surface area is 174 Å². The van der Waals surface area contributed by atoms with Gasteiger partial charge in [-0.3, -0.25) is 9.69 Å². The van der Waals surface area contributed by atoms with Crippen molar-refractivity contribution in [3.63, 3.8) is 0 Å². The zero-order valence-corrected chi connectivity index (χ0v) is 17.4. The van der Waals surface area contributed by atoms with Crippen LogP contribution in [-0.4, -0.2) is 58.6 Å². The molecule has 0 aliphatic carbocycles. The largest absolute Gasteiger partial charge is 0.390 e. The third kappa shape index (κ3) is 4.93. The summed E-state index contributed by atoms with van der Waals surface area (Å²) in [4.78, 5) is 19.1. The highest BCUT2D eigenvalue weighted by Gasteiger charge is 2.20. The van der Waals surface area contributed by atoms with E-state index in [-0.39, 0.29) is 12.1 Å². The predicted octanol–water partition coefficient (Wildman–Crippen LogP) is 2.46. The van der Waals surface area contributed by atoms with E-state index < -0.39 is 6.10 Å². The molecule has 7 heteroatoms. The van der Waals surface area contributed by atoms with Gasteiger partial charge < -0.3 is 10.0 Å². The Morgan fingerprint density at radius 2 is 1.76 bits per heavy atom. The fourth-order valence-corrected chi connectivity index (χ4v) is 4.50. The van der Waals surface area contributed by atoms with Gasteiger partial charge in [-0.15, -0.1) is 11.3 Å². The molecule has 0 amide bonds. The zero-order chi connectivity index (χ0) is 20.2. The summed E-state index contributed by atoms with van der Waals surface area (Å²) in [5.74, 6) is 0. The molecular weight excluding hydrogens is 384 g/mol. The Morgan fingerprint density at radius 1 is 1.00 bits per heavy atom. The molecule has 1 atom stereocenters. The van der Waals surface area contributed by atoms with Crippen LogP contribution in [0.5, 0.6) is 0 Å². The maximum absolute atomic E-state index is 12.2. The number of aliphatic hydroxyl groups is 1. The highest BCUT2D eigenvalue weighted by Crippen LogP contribution is 2.25. The quantitative estimate of drug-likeness (QED) is 0.676. The molecule has 1 N–H and O–H groups in total. The molecular formula is C22H26N4O2S. The molecule has 1 fully saturated rings. The third-order valence-corrected chi connectivity index (χ3v) is 6.23. The van der Waals surface area contributed by atoms with Gasteiger partial charge in [0.15, 0.2) is 0 Å². The molecule has 1 aliphatic heterocycles. The lowest BCUT2D eigenvalue weighted by molar-refractivity contribution is 0.0908. The van der Waals surface area contributed by atoms with Crippen molar-refractivity contribution in [1.29, 1.82) is 0 Å². The molecule has 3 heterocycles. The molecule has 1 saturated heterocycles. The summed E-state index contributed by atoms with van der Waals surface area (Å²) in [6.07, 6.45) is -0.635. The number of piperazine rings is 1. The molecule has 0 bridgehead atoms. The molecule has 1 unspecified atom stereocenters. The fraction of sp³-hybridized carbons (Fsp3) is 0.364. The minimum absolute atomic E-state index is 0.185. The molecule has 2 aromatic heterocycles. The van der Waals surface area contributed by atoms with Gasteiger partial charge in [-0.25, -0.2) is 4.68 Å². The Morgan fingerprint density at radius 3 is 2.45 bits per heavy atom. The average Bonchev–Trinajstić information content (AvgIpc) is 3.17. The fourth-order valence-electron chi connectivity index (χ4n) is 3.67. The summed E-state index contributed by atoms with van der Waals surface area (Å²) in [7, 11) is 0. The number of hydrogen-bond acceptors (Lipinski definition) is 6. The van der Waals surface area contributed by atoms with Crippen molar-refractivity contribution in [2.75, 3.05) is 37.6 Å². The number of para-hydroxylation sites is 1. The zero-order valence-electron chi connectivity index (χ0n) is 16.6. The topological polar surface area (TPSA) is 61.6 Å². The summed E-state index contributed by atoms with van der Waals surface area (Å²) < 4.78 is 1.38. The minimum Gasteiger partial charge on any atom is -0.390 e. The molecule has 0 saturated carbocycles. The Kier molecular flexibility index (Phi) is 6.08. The van der Waals surface area contributed by atoms with Crippen LogP contribution in [0.2, 0.25) is 0 Å². The first-order valence-electron chi connectivity index (χ1n) is 9.94. The van der Waals surface area contributed by atoms with E-state index in [9.17, 15) is 9.90 Å². The molecule has 29 heavy (non-hydrogen) atoms. The first-order chi connectivity index (χ1) is 14.1. The molecule has 1 aliphatic rings. The monoisotopic (exact) mass is 410 g/mol. The lowest BCUT2D eigenvalue weighted by atomic mass is 10.2. The van der Waals surface area contributed by atoms with E-state index in [1.807, 2.05) is 25.1 Å². The van der Waals surface area contributed by atoms with Crippen LogP contribution in [0.3, 0.4) is 0 Å². The average molecular weight is 411 g/mol. The molecule has 1 aromatic carbocycles. The van der Waals surface area contributed by atoms with Gasteiger partial charge in [-0.1, -0.05) is 18.2 Å². The second-order valence-electron chi connectivity index (χ2n) is 7.43. The number of anilines is 1. The molecule has 6 nitrogen and oxygen atoms in total. The van der Waals surface area contributed by atoms with Gasteiger partial charge in [0.2, 0.25) is 0 Å². The van der Waals surface area contributed by atoms with Crippen molar-refractivity contribution < 1.29 is 5.11 Å². The lowest BCUT2D eigenvalue weighted by Crippen LogP contribution is -2.49. The summed E-state index contributed by atoms with van der Waals surface area (Å²) in [5.41, 5.74) is 1.82. The number of thiophene rings is 1.